The van der Waals surface area contributed by atoms with Gasteiger partial charge in [-0.25, -0.2) is 14.2 Å². The van der Waals surface area contributed by atoms with Gasteiger partial charge in [0, 0.05) is 18.3 Å². The molecule has 1 N–H and O–H groups in total. The van der Waals surface area contributed by atoms with Crippen molar-refractivity contribution in [2.45, 2.75) is 0 Å². The molecule has 0 saturated carbocycles. The van der Waals surface area contributed by atoms with Gasteiger partial charge in [-0.05, 0) is 12.1 Å². The van der Waals surface area contributed by atoms with Crippen LogP contribution in [0, 0.1) is 15.9 Å². The molecule has 2 rings (SSSR count). The summed E-state index contributed by atoms with van der Waals surface area (Å²) in [6.07, 6.45) is 0.967. The van der Waals surface area contributed by atoms with Crippen molar-refractivity contribution in [2.75, 3.05) is 0 Å². The molecule has 0 aliphatic carbocycles. The molecule has 0 aliphatic rings. The molecule has 0 spiro atoms. The Morgan fingerprint density at radius 2 is 2.14 bits per heavy atom. The molecule has 0 amide bonds. The Morgan fingerprint density at radius 3 is 2.71 bits per heavy atom. The van der Waals surface area contributed by atoms with Gasteiger partial charge in [0.05, 0.1) is 10.5 Å². The number of carbonyl (C=O) groups is 1. The number of rotatable bonds is 4. The van der Waals surface area contributed by atoms with Gasteiger partial charge in [-0.2, -0.15) is 0 Å². The van der Waals surface area contributed by atoms with Crippen LogP contribution in [0.3, 0.4) is 0 Å². The number of aromatic carboxylic acids is 1. The number of nitro benzene ring substituents is 1. The summed E-state index contributed by atoms with van der Waals surface area (Å²) in [5, 5.41) is 19.4. The topological polar surface area (TPSA) is 103 Å². The fraction of sp³-hybridized carbons (Fsp3) is 0. The Labute approximate surface area is 121 Å². The number of nitrogens with zero attached hydrogens (tertiary/aromatic N) is 2. The van der Waals surface area contributed by atoms with Gasteiger partial charge in [0.25, 0.3) is 0 Å². The van der Waals surface area contributed by atoms with Crippen LogP contribution in [-0.2, 0) is 0 Å². The molecule has 0 aliphatic heterocycles. The van der Waals surface area contributed by atoms with Gasteiger partial charge in [-0.15, -0.1) is 0 Å². The van der Waals surface area contributed by atoms with Gasteiger partial charge in [0.15, 0.2) is 0 Å². The molecule has 1 heterocycles. The smallest absolute Gasteiger partial charge is 0.337 e. The zero-order valence-electron chi connectivity index (χ0n) is 10.1. The van der Waals surface area contributed by atoms with E-state index in [1.54, 1.807) is 0 Å². The quantitative estimate of drug-likeness (QED) is 0.686. The standard InChI is InChI=1S/C12H6ClFN2O5/c13-8-3-6(12(17)18)5-15-11(8)21-10-4-7(14)1-2-9(10)16(19)20/h1-5H,(H,17,18). The van der Waals surface area contributed by atoms with Gasteiger partial charge in [0.2, 0.25) is 11.6 Å². The van der Waals surface area contributed by atoms with Crippen molar-refractivity contribution in [2.24, 2.45) is 0 Å². The first kappa shape index (κ1) is 14.7. The van der Waals surface area contributed by atoms with E-state index in [9.17, 15) is 19.3 Å². The Balaban J connectivity index is 2.40. The maximum Gasteiger partial charge on any atom is 0.337 e. The van der Waals surface area contributed by atoms with Crippen LogP contribution in [0.5, 0.6) is 11.6 Å². The summed E-state index contributed by atoms with van der Waals surface area (Å²) < 4.78 is 18.2. The molecule has 0 fully saturated rings. The van der Waals surface area contributed by atoms with E-state index in [-0.39, 0.29) is 16.5 Å². The summed E-state index contributed by atoms with van der Waals surface area (Å²) in [7, 11) is 0. The van der Waals surface area contributed by atoms with Crippen LogP contribution in [0.2, 0.25) is 5.02 Å². The average molecular weight is 313 g/mol. The second kappa shape index (κ2) is 5.71. The van der Waals surface area contributed by atoms with Gasteiger partial charge < -0.3 is 9.84 Å². The maximum atomic E-state index is 13.2. The van der Waals surface area contributed by atoms with Crippen LogP contribution in [-0.4, -0.2) is 21.0 Å². The highest BCUT2D eigenvalue weighted by Gasteiger charge is 2.19. The van der Waals surface area contributed by atoms with Crippen molar-refractivity contribution in [3.63, 3.8) is 0 Å². The third-order valence-corrected chi connectivity index (χ3v) is 2.65. The first-order valence-corrected chi connectivity index (χ1v) is 5.77. The number of benzene rings is 1. The fourth-order valence-corrected chi connectivity index (χ4v) is 1.65. The van der Waals surface area contributed by atoms with E-state index in [4.69, 9.17) is 21.4 Å². The van der Waals surface area contributed by atoms with E-state index in [1.165, 1.54) is 0 Å². The number of halogens is 2. The summed E-state index contributed by atoms with van der Waals surface area (Å²) in [4.78, 5) is 24.4. The second-order valence-electron chi connectivity index (χ2n) is 3.79. The zero-order chi connectivity index (χ0) is 15.6. The normalized spacial score (nSPS) is 10.2. The van der Waals surface area contributed by atoms with E-state index in [2.05, 4.69) is 4.98 Å². The van der Waals surface area contributed by atoms with Gasteiger partial charge in [-0.1, -0.05) is 11.6 Å². The molecular weight excluding hydrogens is 307 g/mol. The highest BCUT2D eigenvalue weighted by atomic mass is 35.5. The molecule has 7 nitrogen and oxygen atoms in total. The highest BCUT2D eigenvalue weighted by molar-refractivity contribution is 6.32. The van der Waals surface area contributed by atoms with Crippen LogP contribution < -0.4 is 4.74 Å². The molecule has 108 valence electrons. The van der Waals surface area contributed by atoms with Crippen molar-refractivity contribution in [1.29, 1.82) is 0 Å². The van der Waals surface area contributed by atoms with Crippen molar-refractivity contribution < 1.29 is 24.0 Å². The number of carboxylic acid groups (broad SMARTS) is 1. The molecule has 0 bridgehead atoms. The van der Waals surface area contributed by atoms with Crippen molar-refractivity contribution >= 4 is 23.3 Å². The molecular formula is C12H6ClFN2O5. The van der Waals surface area contributed by atoms with Crippen LogP contribution in [0.4, 0.5) is 10.1 Å². The predicted molar refractivity (Wildman–Crippen MR) is 69.3 cm³/mol. The minimum absolute atomic E-state index is 0.173. The first-order chi connectivity index (χ1) is 9.88. The van der Waals surface area contributed by atoms with Gasteiger partial charge in [0.1, 0.15) is 10.8 Å². The van der Waals surface area contributed by atoms with E-state index >= 15 is 0 Å². The number of carboxylic acids is 1. The molecule has 9 heteroatoms. The third kappa shape index (κ3) is 3.23. The molecule has 0 unspecified atom stereocenters. The maximum absolute atomic E-state index is 13.2. The molecule has 21 heavy (non-hydrogen) atoms. The number of pyridine rings is 1. The van der Waals surface area contributed by atoms with E-state index < -0.39 is 28.1 Å². The largest absolute Gasteiger partial charge is 0.478 e. The average Bonchev–Trinajstić information content (AvgIpc) is 2.40. The number of hydrogen-bond acceptors (Lipinski definition) is 5. The Morgan fingerprint density at radius 1 is 1.43 bits per heavy atom. The van der Waals surface area contributed by atoms with Gasteiger partial charge in [-0.3, -0.25) is 10.1 Å². The molecule has 1 aromatic carbocycles. The van der Waals surface area contributed by atoms with E-state index in [0.717, 1.165) is 30.5 Å². The summed E-state index contributed by atoms with van der Waals surface area (Å²) in [6, 6.07) is 3.72. The Hall–Kier alpha value is -2.74. The zero-order valence-corrected chi connectivity index (χ0v) is 10.9. The third-order valence-electron chi connectivity index (χ3n) is 2.38. The van der Waals surface area contributed by atoms with Crippen LogP contribution >= 0.6 is 11.6 Å². The Bertz CT molecular complexity index is 738. The number of ether oxygens (including phenoxy) is 1. The second-order valence-corrected chi connectivity index (χ2v) is 4.19. The lowest BCUT2D eigenvalue weighted by Crippen LogP contribution is -2.00. The lowest BCUT2D eigenvalue weighted by Gasteiger charge is -2.07. The number of aromatic nitrogens is 1. The van der Waals surface area contributed by atoms with Crippen molar-refractivity contribution in [3.8, 4) is 11.6 Å². The lowest BCUT2D eigenvalue weighted by atomic mass is 10.3. The fourth-order valence-electron chi connectivity index (χ4n) is 1.44. The van der Waals surface area contributed by atoms with E-state index in [0.29, 0.717) is 0 Å². The minimum atomic E-state index is -1.24. The van der Waals surface area contributed by atoms with Crippen molar-refractivity contribution in [3.05, 3.63) is 57.0 Å². The molecule has 0 radical (unpaired) electrons. The SMILES string of the molecule is O=C(O)c1cnc(Oc2cc(F)ccc2[N+](=O)[O-])c(Cl)c1. The van der Waals surface area contributed by atoms with Crippen LogP contribution in [0.25, 0.3) is 0 Å². The van der Waals surface area contributed by atoms with E-state index in [1.807, 2.05) is 0 Å². The monoisotopic (exact) mass is 312 g/mol. The summed E-state index contributed by atoms with van der Waals surface area (Å²) >= 11 is 5.78. The van der Waals surface area contributed by atoms with Crippen molar-refractivity contribution in [1.82, 2.24) is 4.98 Å². The van der Waals surface area contributed by atoms with Crippen LogP contribution in [0.1, 0.15) is 10.4 Å². The van der Waals surface area contributed by atoms with Crippen LogP contribution in [0.15, 0.2) is 30.5 Å². The van der Waals surface area contributed by atoms with Gasteiger partial charge >= 0.3 is 11.7 Å². The molecule has 2 aromatic rings. The molecule has 0 atom stereocenters. The Kier molecular flexibility index (Phi) is 3.99. The summed E-state index contributed by atoms with van der Waals surface area (Å²) in [5.41, 5.74) is -0.655. The molecule has 1 aromatic heterocycles. The summed E-state index contributed by atoms with van der Waals surface area (Å²) in [5.74, 6) is -2.64. The number of hydrogen-bond donors (Lipinski definition) is 1. The predicted octanol–water partition coefficient (Wildman–Crippen LogP) is 3.27. The highest BCUT2D eigenvalue weighted by Crippen LogP contribution is 2.34. The summed E-state index contributed by atoms with van der Waals surface area (Å²) in [6.45, 7) is 0. The minimum Gasteiger partial charge on any atom is -0.478 e. The first-order valence-electron chi connectivity index (χ1n) is 5.39. The molecule has 0 saturated heterocycles. The number of nitro groups is 1. The lowest BCUT2D eigenvalue weighted by molar-refractivity contribution is -0.385.